The molecule has 2 rings (SSSR count). The van der Waals surface area contributed by atoms with Gasteiger partial charge in [-0.3, -0.25) is 4.79 Å². The summed E-state index contributed by atoms with van der Waals surface area (Å²) in [6.07, 6.45) is 0. The average molecular weight is 361 g/mol. The van der Waals surface area contributed by atoms with Gasteiger partial charge >= 0.3 is 0 Å². The van der Waals surface area contributed by atoms with Gasteiger partial charge in [0.05, 0.1) is 4.90 Å². The second-order valence-electron chi connectivity index (χ2n) is 5.60. The van der Waals surface area contributed by atoms with Gasteiger partial charge in [-0.15, -0.1) is 0 Å². The lowest BCUT2D eigenvalue weighted by atomic mass is 10.0. The number of nitrogen functional groups attached to an aromatic ring is 1. The number of hydrogen-bond acceptors (Lipinski definition) is 4. The Labute approximate surface area is 148 Å². The van der Waals surface area contributed by atoms with Gasteiger partial charge in [0.25, 0.3) is 0 Å². The van der Waals surface area contributed by atoms with Crippen molar-refractivity contribution in [2.45, 2.75) is 25.7 Å². The lowest BCUT2D eigenvalue weighted by molar-refractivity contribution is -0.114. The van der Waals surface area contributed by atoms with Crippen molar-refractivity contribution in [1.29, 1.82) is 0 Å². The van der Waals surface area contributed by atoms with E-state index in [0.717, 1.165) is 5.56 Å². The van der Waals surface area contributed by atoms with Crippen LogP contribution in [-0.4, -0.2) is 31.7 Å². The van der Waals surface area contributed by atoms with Crippen molar-refractivity contribution in [2.75, 3.05) is 24.1 Å². The molecule has 0 aliphatic rings. The van der Waals surface area contributed by atoms with Crippen molar-refractivity contribution in [3.8, 4) is 11.1 Å². The van der Waals surface area contributed by atoms with Gasteiger partial charge in [-0.1, -0.05) is 32.0 Å². The van der Waals surface area contributed by atoms with E-state index in [1.807, 2.05) is 0 Å². The van der Waals surface area contributed by atoms with E-state index in [0.29, 0.717) is 30.0 Å². The molecule has 0 bridgehead atoms. The van der Waals surface area contributed by atoms with Crippen LogP contribution < -0.4 is 11.1 Å². The Morgan fingerprint density at radius 2 is 1.68 bits per heavy atom. The summed E-state index contributed by atoms with van der Waals surface area (Å²) >= 11 is 0. The number of anilines is 2. The van der Waals surface area contributed by atoms with Crippen LogP contribution >= 0.6 is 0 Å². The number of hydrogen-bond donors (Lipinski definition) is 2. The summed E-state index contributed by atoms with van der Waals surface area (Å²) in [6, 6.07) is 11.9. The zero-order chi connectivity index (χ0) is 18.6. The minimum Gasteiger partial charge on any atom is -0.399 e. The van der Waals surface area contributed by atoms with Gasteiger partial charge in [-0.2, -0.15) is 4.31 Å². The summed E-state index contributed by atoms with van der Waals surface area (Å²) in [5.41, 5.74) is 8.19. The Bertz CT molecular complexity index is 858. The van der Waals surface area contributed by atoms with E-state index in [4.69, 9.17) is 5.73 Å². The molecule has 0 heterocycles. The fourth-order valence-electron chi connectivity index (χ4n) is 2.63. The molecule has 0 saturated carbocycles. The Morgan fingerprint density at radius 1 is 1.08 bits per heavy atom. The van der Waals surface area contributed by atoms with Gasteiger partial charge in [0.15, 0.2) is 0 Å². The molecule has 0 spiro atoms. The third-order valence-electron chi connectivity index (χ3n) is 3.85. The number of sulfonamides is 1. The van der Waals surface area contributed by atoms with E-state index in [-0.39, 0.29) is 10.8 Å². The van der Waals surface area contributed by atoms with Gasteiger partial charge in [-0.25, -0.2) is 8.42 Å². The highest BCUT2D eigenvalue weighted by molar-refractivity contribution is 7.89. The molecule has 0 atom stereocenters. The molecule has 7 heteroatoms. The van der Waals surface area contributed by atoms with Gasteiger partial charge in [0, 0.05) is 37.0 Å². The van der Waals surface area contributed by atoms with E-state index in [2.05, 4.69) is 5.32 Å². The van der Waals surface area contributed by atoms with Crippen LogP contribution in [0.4, 0.5) is 11.4 Å². The second-order valence-corrected chi connectivity index (χ2v) is 7.51. The number of carbonyl (C=O) groups excluding carboxylic acids is 1. The maximum Gasteiger partial charge on any atom is 0.243 e. The molecule has 0 fully saturated rings. The van der Waals surface area contributed by atoms with Crippen molar-refractivity contribution in [3.05, 3.63) is 42.5 Å². The summed E-state index contributed by atoms with van der Waals surface area (Å²) in [4.78, 5) is 11.3. The molecule has 25 heavy (non-hydrogen) atoms. The molecule has 0 unspecified atom stereocenters. The quantitative estimate of drug-likeness (QED) is 0.774. The first kappa shape index (κ1) is 19.0. The second kappa shape index (κ2) is 7.67. The molecule has 0 aromatic heterocycles. The predicted molar refractivity (Wildman–Crippen MR) is 101 cm³/mol. The maximum atomic E-state index is 13.0. The first-order valence-electron chi connectivity index (χ1n) is 8.07. The number of nitrogens with two attached hydrogens (primary N) is 1. The molecule has 134 valence electrons. The van der Waals surface area contributed by atoms with E-state index in [1.165, 1.54) is 17.3 Å². The van der Waals surface area contributed by atoms with E-state index in [9.17, 15) is 13.2 Å². The van der Waals surface area contributed by atoms with Crippen LogP contribution in [-0.2, 0) is 14.8 Å². The Kier molecular flexibility index (Phi) is 5.81. The summed E-state index contributed by atoms with van der Waals surface area (Å²) in [7, 11) is -3.65. The summed E-state index contributed by atoms with van der Waals surface area (Å²) in [5.74, 6) is -0.162. The highest BCUT2D eigenvalue weighted by Gasteiger charge is 2.25. The van der Waals surface area contributed by atoms with Gasteiger partial charge < -0.3 is 11.1 Å². The third-order valence-corrected chi connectivity index (χ3v) is 5.93. The monoisotopic (exact) mass is 361 g/mol. The van der Waals surface area contributed by atoms with Gasteiger partial charge in [0.2, 0.25) is 15.9 Å². The van der Waals surface area contributed by atoms with Crippen LogP contribution in [0.1, 0.15) is 20.8 Å². The van der Waals surface area contributed by atoms with Gasteiger partial charge in [0.1, 0.15) is 0 Å². The third kappa shape index (κ3) is 4.18. The van der Waals surface area contributed by atoms with Crippen LogP contribution in [0, 0.1) is 0 Å². The van der Waals surface area contributed by atoms with Crippen LogP contribution in [0.5, 0.6) is 0 Å². The van der Waals surface area contributed by atoms with Crippen molar-refractivity contribution in [2.24, 2.45) is 0 Å². The molecular weight excluding hydrogens is 338 g/mol. The summed E-state index contributed by atoms with van der Waals surface area (Å²) in [5, 5.41) is 2.69. The lowest BCUT2D eigenvalue weighted by Gasteiger charge is -2.21. The van der Waals surface area contributed by atoms with E-state index in [1.54, 1.807) is 50.2 Å². The van der Waals surface area contributed by atoms with Crippen molar-refractivity contribution >= 4 is 27.3 Å². The SMILES string of the molecule is CCN(CC)S(=O)(=O)c1cc(N)ccc1-c1ccc(NC(C)=O)cc1. The molecule has 6 nitrogen and oxygen atoms in total. The standard InChI is InChI=1S/C18H23N3O3S/c1-4-21(5-2)25(23,24)18-12-15(19)8-11-17(18)14-6-9-16(10-7-14)20-13(3)22/h6-12H,4-5,19H2,1-3H3,(H,20,22). The highest BCUT2D eigenvalue weighted by atomic mass is 32.2. The molecule has 0 aliphatic carbocycles. The average Bonchev–Trinajstić information content (AvgIpc) is 2.56. The largest absolute Gasteiger partial charge is 0.399 e. The number of carbonyl (C=O) groups is 1. The van der Waals surface area contributed by atoms with Crippen LogP contribution in [0.25, 0.3) is 11.1 Å². The molecule has 0 radical (unpaired) electrons. The number of benzene rings is 2. The number of nitrogens with zero attached hydrogens (tertiary/aromatic N) is 1. The molecule has 3 N–H and O–H groups in total. The van der Waals surface area contributed by atoms with E-state index >= 15 is 0 Å². The molecule has 0 saturated heterocycles. The van der Waals surface area contributed by atoms with Crippen LogP contribution in [0.15, 0.2) is 47.4 Å². The Balaban J connectivity index is 2.54. The molecule has 2 aromatic rings. The first-order chi connectivity index (χ1) is 11.8. The fourth-order valence-corrected chi connectivity index (χ4v) is 4.34. The minimum absolute atomic E-state index is 0.162. The molecular formula is C18H23N3O3S. The zero-order valence-electron chi connectivity index (χ0n) is 14.6. The lowest BCUT2D eigenvalue weighted by Crippen LogP contribution is -2.31. The topological polar surface area (TPSA) is 92.5 Å². The molecule has 0 aliphatic heterocycles. The fraction of sp³-hybridized carbons (Fsp3) is 0.278. The van der Waals surface area contributed by atoms with Crippen molar-refractivity contribution in [1.82, 2.24) is 4.31 Å². The summed E-state index contributed by atoms with van der Waals surface area (Å²) < 4.78 is 27.3. The Hall–Kier alpha value is -2.38. The maximum absolute atomic E-state index is 13.0. The van der Waals surface area contributed by atoms with Crippen LogP contribution in [0.2, 0.25) is 0 Å². The zero-order valence-corrected chi connectivity index (χ0v) is 15.4. The van der Waals surface area contributed by atoms with Gasteiger partial charge in [-0.05, 0) is 29.8 Å². The highest BCUT2D eigenvalue weighted by Crippen LogP contribution is 2.32. The predicted octanol–water partition coefficient (Wildman–Crippen LogP) is 2.92. The number of nitrogens with one attached hydrogen (secondary N) is 1. The van der Waals surface area contributed by atoms with Crippen molar-refractivity contribution < 1.29 is 13.2 Å². The van der Waals surface area contributed by atoms with E-state index < -0.39 is 10.0 Å². The molecule has 1 amide bonds. The number of rotatable bonds is 6. The molecule has 2 aromatic carbocycles. The van der Waals surface area contributed by atoms with Crippen LogP contribution in [0.3, 0.4) is 0 Å². The summed E-state index contributed by atoms with van der Waals surface area (Å²) in [6.45, 7) is 5.80. The van der Waals surface area contributed by atoms with Crippen molar-refractivity contribution in [3.63, 3.8) is 0 Å². The number of amides is 1. The first-order valence-corrected chi connectivity index (χ1v) is 9.51. The normalized spacial score (nSPS) is 11.5. The smallest absolute Gasteiger partial charge is 0.243 e. The Morgan fingerprint density at radius 3 is 2.20 bits per heavy atom. The minimum atomic E-state index is -3.65.